The Bertz CT molecular complexity index is 176. The van der Waals surface area contributed by atoms with E-state index in [1.807, 2.05) is 0 Å². The lowest BCUT2D eigenvalue weighted by Crippen LogP contribution is -2.42. The van der Waals surface area contributed by atoms with Crippen LogP contribution in [0.1, 0.15) is 59.3 Å². The summed E-state index contributed by atoms with van der Waals surface area (Å²) < 4.78 is 5.65. The number of hydrogen-bond donors (Lipinski definition) is 1. The van der Waals surface area contributed by atoms with Crippen LogP contribution in [-0.4, -0.2) is 25.8 Å². The van der Waals surface area contributed by atoms with Crippen LogP contribution in [0.25, 0.3) is 0 Å². The van der Waals surface area contributed by atoms with Crippen molar-refractivity contribution >= 4 is 0 Å². The standard InChI is InChI=1S/C15H31NO/c1-4-10-16-15(12-17-6-3)14-9-7-8-13(5-2)11-14/h13-16H,4-12H2,1-3H3. The molecule has 2 nitrogen and oxygen atoms in total. The molecule has 0 radical (unpaired) electrons. The van der Waals surface area contributed by atoms with Gasteiger partial charge in [0.05, 0.1) is 6.61 Å². The molecule has 1 saturated carbocycles. The van der Waals surface area contributed by atoms with Crippen LogP contribution in [-0.2, 0) is 4.74 Å². The van der Waals surface area contributed by atoms with E-state index >= 15 is 0 Å². The lowest BCUT2D eigenvalue weighted by molar-refractivity contribution is 0.0847. The van der Waals surface area contributed by atoms with Crippen molar-refractivity contribution in [2.75, 3.05) is 19.8 Å². The van der Waals surface area contributed by atoms with Gasteiger partial charge in [-0.15, -0.1) is 0 Å². The lowest BCUT2D eigenvalue weighted by Gasteiger charge is -2.34. The quantitative estimate of drug-likeness (QED) is 0.701. The SMILES string of the molecule is CCCNC(COCC)C1CCCC(CC)C1. The van der Waals surface area contributed by atoms with E-state index in [2.05, 4.69) is 26.1 Å². The molecule has 3 unspecified atom stereocenters. The molecule has 0 amide bonds. The Labute approximate surface area is 108 Å². The second-order valence-electron chi connectivity index (χ2n) is 5.42. The molecule has 0 saturated heterocycles. The first-order valence-electron chi connectivity index (χ1n) is 7.62. The highest BCUT2D eigenvalue weighted by atomic mass is 16.5. The molecule has 0 aliphatic heterocycles. The van der Waals surface area contributed by atoms with Gasteiger partial charge in [-0.1, -0.05) is 33.1 Å². The summed E-state index contributed by atoms with van der Waals surface area (Å²) in [5, 5.41) is 3.69. The van der Waals surface area contributed by atoms with Crippen molar-refractivity contribution in [3.05, 3.63) is 0 Å². The molecule has 1 N–H and O–H groups in total. The molecule has 0 spiro atoms. The molecule has 0 aromatic heterocycles. The van der Waals surface area contributed by atoms with Crippen LogP contribution >= 0.6 is 0 Å². The highest BCUT2D eigenvalue weighted by Gasteiger charge is 2.27. The molecule has 0 heterocycles. The van der Waals surface area contributed by atoms with Crippen molar-refractivity contribution in [3.63, 3.8) is 0 Å². The van der Waals surface area contributed by atoms with E-state index in [1.54, 1.807) is 0 Å². The molecule has 0 bridgehead atoms. The normalized spacial score (nSPS) is 27.0. The lowest BCUT2D eigenvalue weighted by atomic mass is 9.77. The minimum Gasteiger partial charge on any atom is -0.380 e. The zero-order valence-electron chi connectivity index (χ0n) is 12.0. The van der Waals surface area contributed by atoms with E-state index in [0.29, 0.717) is 6.04 Å². The summed E-state index contributed by atoms with van der Waals surface area (Å²) in [4.78, 5) is 0. The molecule has 17 heavy (non-hydrogen) atoms. The predicted molar refractivity (Wildman–Crippen MR) is 74.3 cm³/mol. The van der Waals surface area contributed by atoms with Crippen molar-refractivity contribution in [3.8, 4) is 0 Å². The van der Waals surface area contributed by atoms with Gasteiger partial charge in [0.1, 0.15) is 0 Å². The molecule has 2 heteroatoms. The van der Waals surface area contributed by atoms with E-state index in [-0.39, 0.29) is 0 Å². The zero-order valence-corrected chi connectivity index (χ0v) is 12.0. The maximum absolute atomic E-state index is 5.65. The average Bonchev–Trinajstić information content (AvgIpc) is 2.39. The molecule has 3 atom stereocenters. The summed E-state index contributed by atoms with van der Waals surface area (Å²) in [6.07, 6.45) is 8.23. The first kappa shape index (κ1) is 15.0. The van der Waals surface area contributed by atoms with Gasteiger partial charge >= 0.3 is 0 Å². The van der Waals surface area contributed by atoms with Crippen LogP contribution in [0.3, 0.4) is 0 Å². The molecule has 0 aromatic carbocycles. The average molecular weight is 241 g/mol. The minimum absolute atomic E-state index is 0.587. The number of ether oxygens (including phenoxy) is 1. The van der Waals surface area contributed by atoms with Crippen LogP contribution in [0, 0.1) is 11.8 Å². The molecular formula is C15H31NO. The van der Waals surface area contributed by atoms with Crippen LogP contribution in [0.5, 0.6) is 0 Å². The second-order valence-corrected chi connectivity index (χ2v) is 5.42. The summed E-state index contributed by atoms with van der Waals surface area (Å²) >= 11 is 0. The Morgan fingerprint density at radius 1 is 1.24 bits per heavy atom. The molecule has 1 aliphatic carbocycles. The van der Waals surface area contributed by atoms with Gasteiger partial charge in [-0.25, -0.2) is 0 Å². The van der Waals surface area contributed by atoms with Crippen molar-refractivity contribution < 1.29 is 4.74 Å². The van der Waals surface area contributed by atoms with Crippen molar-refractivity contribution in [1.29, 1.82) is 0 Å². The number of nitrogens with one attached hydrogen (secondary N) is 1. The van der Waals surface area contributed by atoms with Gasteiger partial charge in [-0.3, -0.25) is 0 Å². The van der Waals surface area contributed by atoms with Crippen molar-refractivity contribution in [2.45, 2.75) is 65.3 Å². The molecule has 0 aromatic rings. The third-order valence-electron chi connectivity index (χ3n) is 4.13. The molecule has 1 fully saturated rings. The summed E-state index contributed by atoms with van der Waals surface area (Å²) in [5.41, 5.74) is 0. The van der Waals surface area contributed by atoms with E-state index in [1.165, 1.54) is 38.5 Å². The van der Waals surface area contributed by atoms with Gasteiger partial charge in [0, 0.05) is 12.6 Å². The van der Waals surface area contributed by atoms with E-state index < -0.39 is 0 Å². The fourth-order valence-corrected chi connectivity index (χ4v) is 3.01. The fourth-order valence-electron chi connectivity index (χ4n) is 3.01. The highest BCUT2D eigenvalue weighted by molar-refractivity contribution is 4.82. The summed E-state index contributed by atoms with van der Waals surface area (Å²) in [6.45, 7) is 9.54. The maximum atomic E-state index is 5.65. The van der Waals surface area contributed by atoms with Gasteiger partial charge in [0.25, 0.3) is 0 Å². The van der Waals surface area contributed by atoms with Gasteiger partial charge in [0.2, 0.25) is 0 Å². The molecule has 1 rings (SSSR count). The Kier molecular flexibility index (Phi) is 7.87. The first-order chi connectivity index (χ1) is 8.31. The van der Waals surface area contributed by atoms with Gasteiger partial charge in [-0.05, 0) is 44.6 Å². The van der Waals surface area contributed by atoms with E-state index in [4.69, 9.17) is 4.74 Å². The van der Waals surface area contributed by atoms with Crippen LogP contribution in [0.15, 0.2) is 0 Å². The zero-order chi connectivity index (χ0) is 12.5. The van der Waals surface area contributed by atoms with Crippen LogP contribution in [0.2, 0.25) is 0 Å². The van der Waals surface area contributed by atoms with Crippen molar-refractivity contribution in [1.82, 2.24) is 5.32 Å². The fraction of sp³-hybridized carbons (Fsp3) is 1.00. The topological polar surface area (TPSA) is 21.3 Å². The maximum Gasteiger partial charge on any atom is 0.0622 e. The Hall–Kier alpha value is -0.0800. The van der Waals surface area contributed by atoms with Gasteiger partial charge < -0.3 is 10.1 Å². The largest absolute Gasteiger partial charge is 0.380 e. The minimum atomic E-state index is 0.587. The molecule has 1 aliphatic rings. The summed E-state index contributed by atoms with van der Waals surface area (Å²) in [5.74, 6) is 1.80. The third-order valence-corrected chi connectivity index (χ3v) is 4.13. The third kappa shape index (κ3) is 5.39. The Balaban J connectivity index is 2.42. The van der Waals surface area contributed by atoms with E-state index in [0.717, 1.165) is 31.6 Å². The van der Waals surface area contributed by atoms with Crippen molar-refractivity contribution in [2.24, 2.45) is 11.8 Å². The molecule has 102 valence electrons. The van der Waals surface area contributed by atoms with Gasteiger partial charge in [0.15, 0.2) is 0 Å². The Morgan fingerprint density at radius 2 is 2.06 bits per heavy atom. The Morgan fingerprint density at radius 3 is 2.71 bits per heavy atom. The smallest absolute Gasteiger partial charge is 0.0622 e. The highest BCUT2D eigenvalue weighted by Crippen LogP contribution is 2.33. The summed E-state index contributed by atoms with van der Waals surface area (Å²) in [7, 11) is 0. The van der Waals surface area contributed by atoms with Gasteiger partial charge in [-0.2, -0.15) is 0 Å². The summed E-state index contributed by atoms with van der Waals surface area (Å²) in [6, 6.07) is 0.587. The second kappa shape index (κ2) is 8.93. The van der Waals surface area contributed by atoms with E-state index in [9.17, 15) is 0 Å². The number of rotatable bonds is 8. The predicted octanol–water partition coefficient (Wildman–Crippen LogP) is 3.61. The first-order valence-corrected chi connectivity index (χ1v) is 7.62. The monoisotopic (exact) mass is 241 g/mol. The number of hydrogen-bond acceptors (Lipinski definition) is 2. The molecular weight excluding hydrogens is 210 g/mol. The van der Waals surface area contributed by atoms with Crippen LogP contribution in [0.4, 0.5) is 0 Å². The van der Waals surface area contributed by atoms with Crippen LogP contribution < -0.4 is 5.32 Å².